The predicted octanol–water partition coefficient (Wildman–Crippen LogP) is 4.20. The van der Waals surface area contributed by atoms with E-state index in [0.717, 1.165) is 10.7 Å². The van der Waals surface area contributed by atoms with Crippen LogP contribution in [-0.4, -0.2) is 10.2 Å². The van der Waals surface area contributed by atoms with Crippen molar-refractivity contribution in [3.63, 3.8) is 0 Å². The Morgan fingerprint density at radius 3 is 2.78 bits per heavy atom. The standard InChI is InChI=1S/C12H8ClN3OS/c13-8-4-1-2-5-9(8)14-12-16-15-11(18-12)10-6-3-7-17-10/h1-7H,(H,14,16). The van der Waals surface area contributed by atoms with Gasteiger partial charge in [-0.1, -0.05) is 35.1 Å². The van der Waals surface area contributed by atoms with E-state index in [0.29, 0.717) is 15.9 Å². The van der Waals surface area contributed by atoms with Gasteiger partial charge in [0.15, 0.2) is 10.8 Å². The van der Waals surface area contributed by atoms with Crippen LogP contribution in [0.4, 0.5) is 10.8 Å². The molecule has 0 saturated carbocycles. The topological polar surface area (TPSA) is 51.0 Å². The van der Waals surface area contributed by atoms with Gasteiger partial charge >= 0.3 is 0 Å². The molecule has 0 unspecified atom stereocenters. The minimum atomic E-state index is 0.646. The molecule has 18 heavy (non-hydrogen) atoms. The summed E-state index contributed by atoms with van der Waals surface area (Å²) in [4.78, 5) is 0. The third-order valence-corrected chi connectivity index (χ3v) is 3.46. The molecule has 3 rings (SSSR count). The lowest BCUT2D eigenvalue weighted by molar-refractivity contribution is 0.581. The second kappa shape index (κ2) is 4.80. The van der Waals surface area contributed by atoms with Crippen molar-refractivity contribution in [1.29, 1.82) is 0 Å². The van der Waals surface area contributed by atoms with Crippen molar-refractivity contribution in [2.75, 3.05) is 5.32 Å². The van der Waals surface area contributed by atoms with E-state index in [1.165, 1.54) is 11.3 Å². The van der Waals surface area contributed by atoms with Gasteiger partial charge in [-0.05, 0) is 24.3 Å². The molecule has 0 atom stereocenters. The van der Waals surface area contributed by atoms with E-state index in [9.17, 15) is 0 Å². The molecular formula is C12H8ClN3OS. The number of anilines is 2. The van der Waals surface area contributed by atoms with E-state index in [4.69, 9.17) is 16.0 Å². The Labute approximate surface area is 112 Å². The van der Waals surface area contributed by atoms with Crippen LogP contribution in [0, 0.1) is 0 Å². The zero-order valence-corrected chi connectivity index (χ0v) is 10.7. The molecule has 1 N–H and O–H groups in total. The van der Waals surface area contributed by atoms with E-state index in [1.807, 2.05) is 36.4 Å². The molecular weight excluding hydrogens is 270 g/mol. The lowest BCUT2D eigenvalue weighted by atomic mass is 10.3. The van der Waals surface area contributed by atoms with Gasteiger partial charge in [-0.15, -0.1) is 10.2 Å². The van der Waals surface area contributed by atoms with Crippen molar-refractivity contribution in [2.45, 2.75) is 0 Å². The maximum atomic E-state index is 6.06. The number of para-hydroxylation sites is 1. The first-order chi connectivity index (χ1) is 8.83. The second-order valence-corrected chi connectivity index (χ2v) is 4.88. The fraction of sp³-hybridized carbons (Fsp3) is 0. The summed E-state index contributed by atoms with van der Waals surface area (Å²) in [7, 11) is 0. The third-order valence-electron chi connectivity index (χ3n) is 2.27. The van der Waals surface area contributed by atoms with Crippen LogP contribution in [-0.2, 0) is 0 Å². The molecule has 0 fully saturated rings. The lowest BCUT2D eigenvalue weighted by Gasteiger charge is -2.02. The van der Waals surface area contributed by atoms with Crippen LogP contribution in [0.2, 0.25) is 5.02 Å². The normalized spacial score (nSPS) is 10.5. The zero-order valence-electron chi connectivity index (χ0n) is 9.13. The Morgan fingerprint density at radius 2 is 2.00 bits per heavy atom. The molecule has 0 aliphatic rings. The van der Waals surface area contributed by atoms with Crippen molar-refractivity contribution in [2.24, 2.45) is 0 Å². The van der Waals surface area contributed by atoms with Crippen LogP contribution in [0.5, 0.6) is 0 Å². The first-order valence-corrected chi connectivity index (χ1v) is 6.41. The number of hydrogen-bond donors (Lipinski definition) is 1. The molecule has 2 heterocycles. The molecule has 0 amide bonds. The molecule has 0 spiro atoms. The monoisotopic (exact) mass is 277 g/mol. The SMILES string of the molecule is Clc1ccccc1Nc1nnc(-c2ccco2)s1. The van der Waals surface area contributed by atoms with E-state index in [2.05, 4.69) is 15.5 Å². The van der Waals surface area contributed by atoms with Crippen LogP contribution in [0.3, 0.4) is 0 Å². The summed E-state index contributed by atoms with van der Waals surface area (Å²) >= 11 is 7.46. The highest BCUT2D eigenvalue weighted by Gasteiger charge is 2.09. The maximum Gasteiger partial charge on any atom is 0.210 e. The summed E-state index contributed by atoms with van der Waals surface area (Å²) in [5, 5.41) is 13.3. The van der Waals surface area contributed by atoms with Crippen molar-refractivity contribution in [1.82, 2.24) is 10.2 Å². The van der Waals surface area contributed by atoms with Gasteiger partial charge in [-0.3, -0.25) is 0 Å². The van der Waals surface area contributed by atoms with Crippen LogP contribution in [0.1, 0.15) is 0 Å². The molecule has 4 nitrogen and oxygen atoms in total. The first-order valence-electron chi connectivity index (χ1n) is 5.22. The molecule has 3 aromatic rings. The fourth-order valence-corrected chi connectivity index (χ4v) is 2.36. The summed E-state index contributed by atoms with van der Waals surface area (Å²) in [6.45, 7) is 0. The molecule has 1 aromatic carbocycles. The Hall–Kier alpha value is -1.85. The van der Waals surface area contributed by atoms with Gasteiger partial charge in [0.25, 0.3) is 0 Å². The Kier molecular flexibility index (Phi) is 3.00. The second-order valence-electron chi connectivity index (χ2n) is 3.49. The summed E-state index contributed by atoms with van der Waals surface area (Å²) in [5.74, 6) is 0.708. The smallest absolute Gasteiger partial charge is 0.210 e. The van der Waals surface area contributed by atoms with Crippen molar-refractivity contribution in [3.8, 4) is 10.8 Å². The molecule has 0 radical (unpaired) electrons. The van der Waals surface area contributed by atoms with Crippen molar-refractivity contribution >= 4 is 33.8 Å². The lowest BCUT2D eigenvalue weighted by Crippen LogP contribution is -1.89. The van der Waals surface area contributed by atoms with Gasteiger partial charge < -0.3 is 9.73 Å². The first kappa shape index (κ1) is 11.3. The average molecular weight is 278 g/mol. The number of benzene rings is 1. The third kappa shape index (κ3) is 2.23. The fourth-order valence-electron chi connectivity index (χ4n) is 1.45. The van der Waals surface area contributed by atoms with E-state index in [1.54, 1.807) is 6.26 Å². The number of nitrogens with one attached hydrogen (secondary N) is 1. The van der Waals surface area contributed by atoms with E-state index < -0.39 is 0 Å². The Morgan fingerprint density at radius 1 is 1.11 bits per heavy atom. The number of rotatable bonds is 3. The van der Waals surface area contributed by atoms with Gasteiger partial charge in [0.2, 0.25) is 5.13 Å². The van der Waals surface area contributed by atoms with Gasteiger partial charge in [0, 0.05) is 0 Å². The summed E-state index contributed by atoms with van der Waals surface area (Å²) in [6, 6.07) is 11.1. The molecule has 2 aromatic heterocycles. The van der Waals surface area contributed by atoms with E-state index in [-0.39, 0.29) is 0 Å². The van der Waals surface area contributed by atoms with E-state index >= 15 is 0 Å². The number of furan rings is 1. The van der Waals surface area contributed by atoms with Crippen LogP contribution < -0.4 is 5.32 Å². The molecule has 0 saturated heterocycles. The number of hydrogen-bond acceptors (Lipinski definition) is 5. The van der Waals surface area contributed by atoms with Crippen LogP contribution in [0.15, 0.2) is 47.1 Å². The van der Waals surface area contributed by atoms with Crippen LogP contribution in [0.25, 0.3) is 10.8 Å². The Balaban J connectivity index is 1.85. The zero-order chi connectivity index (χ0) is 12.4. The van der Waals surface area contributed by atoms with Gasteiger partial charge in [0.05, 0.1) is 17.0 Å². The average Bonchev–Trinajstić information content (AvgIpc) is 3.02. The van der Waals surface area contributed by atoms with Gasteiger partial charge in [-0.2, -0.15) is 0 Å². The Bertz CT molecular complexity index is 651. The van der Waals surface area contributed by atoms with Crippen LogP contribution >= 0.6 is 22.9 Å². The maximum absolute atomic E-state index is 6.06. The molecule has 0 aliphatic carbocycles. The summed E-state index contributed by atoms with van der Waals surface area (Å²) < 4.78 is 5.26. The number of nitrogens with zero attached hydrogens (tertiary/aromatic N) is 2. The van der Waals surface area contributed by atoms with Gasteiger partial charge in [-0.25, -0.2) is 0 Å². The summed E-state index contributed by atoms with van der Waals surface area (Å²) in [6.07, 6.45) is 1.61. The minimum Gasteiger partial charge on any atom is -0.462 e. The molecule has 0 aliphatic heterocycles. The van der Waals surface area contributed by atoms with Gasteiger partial charge in [0.1, 0.15) is 0 Å². The quantitative estimate of drug-likeness (QED) is 0.780. The highest BCUT2D eigenvalue weighted by atomic mass is 35.5. The predicted molar refractivity (Wildman–Crippen MR) is 72.3 cm³/mol. The van der Waals surface area contributed by atoms with Crippen molar-refractivity contribution in [3.05, 3.63) is 47.7 Å². The molecule has 0 bridgehead atoms. The summed E-state index contributed by atoms with van der Waals surface area (Å²) in [5.41, 5.74) is 0.807. The van der Waals surface area contributed by atoms with Crippen molar-refractivity contribution < 1.29 is 4.42 Å². The number of aromatic nitrogens is 2. The minimum absolute atomic E-state index is 0.646. The highest BCUT2D eigenvalue weighted by Crippen LogP contribution is 2.30. The molecule has 6 heteroatoms. The molecule has 90 valence electrons. The largest absolute Gasteiger partial charge is 0.462 e. The highest BCUT2D eigenvalue weighted by molar-refractivity contribution is 7.18. The number of halogens is 1.